The van der Waals surface area contributed by atoms with Gasteiger partial charge in [0.05, 0.1) is 26.4 Å². The molecule has 0 aromatic rings. The summed E-state index contributed by atoms with van der Waals surface area (Å²) in [4.78, 5) is 72.7. The third kappa shape index (κ3) is 69.8. The van der Waals surface area contributed by atoms with Crippen molar-refractivity contribution in [3.05, 3.63) is 24.3 Å². The van der Waals surface area contributed by atoms with E-state index in [9.17, 15) is 43.2 Å². The topological polar surface area (TPSA) is 237 Å². The number of carbonyl (C=O) groups is 4. The zero-order valence-corrected chi connectivity index (χ0v) is 63.1. The van der Waals surface area contributed by atoms with E-state index in [1.807, 2.05) is 0 Å². The van der Waals surface area contributed by atoms with E-state index < -0.39 is 97.5 Å². The predicted molar refractivity (Wildman–Crippen MR) is 386 cm³/mol. The van der Waals surface area contributed by atoms with Crippen molar-refractivity contribution >= 4 is 39.5 Å². The average molecular weight is 1390 g/mol. The molecule has 0 aliphatic carbocycles. The highest BCUT2D eigenvalue weighted by molar-refractivity contribution is 7.47. The lowest BCUT2D eigenvalue weighted by Crippen LogP contribution is -2.30. The van der Waals surface area contributed by atoms with E-state index in [2.05, 4.69) is 58.9 Å². The first-order chi connectivity index (χ1) is 46.0. The molecule has 3 N–H and O–H groups in total. The van der Waals surface area contributed by atoms with Crippen LogP contribution in [0, 0.1) is 5.92 Å². The van der Waals surface area contributed by atoms with Gasteiger partial charge >= 0.3 is 39.5 Å². The first-order valence-corrected chi connectivity index (χ1v) is 41.9. The molecular weight excluding hydrogens is 1250 g/mol. The Kier molecular flexibility index (Phi) is 66.9. The number of carbonyl (C=O) groups excluding carboxylic acids is 4. The third-order valence-corrected chi connectivity index (χ3v) is 19.1. The number of hydrogen-bond donors (Lipinski definition) is 3. The molecule has 17 nitrogen and oxygen atoms in total. The quantitative estimate of drug-likeness (QED) is 0.0169. The molecule has 0 fully saturated rings. The van der Waals surface area contributed by atoms with Crippen LogP contribution in [0.3, 0.4) is 0 Å². The van der Waals surface area contributed by atoms with Crippen LogP contribution >= 0.6 is 15.6 Å². The number of aliphatic hydroxyl groups excluding tert-OH is 1. The number of esters is 4. The first-order valence-electron chi connectivity index (χ1n) is 39.0. The van der Waals surface area contributed by atoms with Crippen LogP contribution in [0.5, 0.6) is 0 Å². The van der Waals surface area contributed by atoms with E-state index in [1.54, 1.807) is 0 Å². The van der Waals surface area contributed by atoms with Crippen molar-refractivity contribution in [1.29, 1.82) is 0 Å². The molecule has 0 radical (unpaired) electrons. The molecule has 560 valence electrons. The second-order valence-corrected chi connectivity index (χ2v) is 30.1. The summed E-state index contributed by atoms with van der Waals surface area (Å²) in [5, 5.41) is 10.6. The van der Waals surface area contributed by atoms with Gasteiger partial charge in [0.2, 0.25) is 0 Å². The van der Waals surface area contributed by atoms with Gasteiger partial charge in [-0.3, -0.25) is 37.3 Å². The van der Waals surface area contributed by atoms with E-state index in [0.29, 0.717) is 25.7 Å². The number of unbranched alkanes of at least 4 members (excludes halogenated alkanes) is 43. The Morgan fingerprint density at radius 3 is 0.863 bits per heavy atom. The van der Waals surface area contributed by atoms with Gasteiger partial charge in [0.1, 0.15) is 19.3 Å². The average Bonchev–Trinajstić information content (AvgIpc) is 1.87. The Labute approximate surface area is 580 Å². The number of hydrogen-bond acceptors (Lipinski definition) is 15. The lowest BCUT2D eigenvalue weighted by molar-refractivity contribution is -0.161. The molecule has 0 aromatic heterocycles. The Hall–Kier alpha value is -2.46. The van der Waals surface area contributed by atoms with Crippen molar-refractivity contribution < 1.29 is 80.2 Å². The van der Waals surface area contributed by atoms with E-state index in [0.717, 1.165) is 115 Å². The van der Waals surface area contributed by atoms with Crippen LogP contribution in [0.4, 0.5) is 0 Å². The lowest BCUT2D eigenvalue weighted by Gasteiger charge is -2.21. The molecule has 19 heteroatoms. The maximum atomic E-state index is 13.1. The van der Waals surface area contributed by atoms with Gasteiger partial charge in [-0.1, -0.05) is 322 Å². The largest absolute Gasteiger partial charge is 0.472 e. The zero-order valence-electron chi connectivity index (χ0n) is 61.3. The summed E-state index contributed by atoms with van der Waals surface area (Å²) in [6.07, 6.45) is 60.4. The number of rotatable bonds is 74. The van der Waals surface area contributed by atoms with Gasteiger partial charge in [0.15, 0.2) is 12.2 Å². The molecule has 95 heavy (non-hydrogen) atoms. The second kappa shape index (κ2) is 68.7. The molecule has 5 atom stereocenters. The number of phosphoric acid groups is 2. The van der Waals surface area contributed by atoms with E-state index >= 15 is 0 Å². The second-order valence-electron chi connectivity index (χ2n) is 27.2. The SMILES string of the molecule is CCCCCC/C=C\C=C/CCCCCCCC(=O)OC[C@H](COP(=O)(O)OC[C@@H](O)COP(=O)(O)OC[C@@H](COC(=O)CCCCCCCCCCC)OC(=O)CCCCCCCCCCCCCC)OC(=O)CCCCCCCCCCCCCCCCCCC(C)C. The number of allylic oxidation sites excluding steroid dienone is 4. The minimum Gasteiger partial charge on any atom is -0.462 e. The molecule has 0 saturated heterocycles. The van der Waals surface area contributed by atoms with E-state index in [-0.39, 0.29) is 25.7 Å². The molecule has 0 amide bonds. The number of aliphatic hydroxyl groups is 1. The highest BCUT2D eigenvalue weighted by Crippen LogP contribution is 2.45. The minimum absolute atomic E-state index is 0.101. The van der Waals surface area contributed by atoms with Crippen LogP contribution < -0.4 is 0 Å². The standard InChI is InChI=1S/C76H144O17P2/c1-6-9-12-15-18-21-23-25-28-32-36-40-45-50-55-60-74(79)87-66-72(93-76(81)62-57-52-47-42-37-33-30-27-26-29-31-34-39-43-48-53-58-69(4)5)68-91-95(84,85)89-64-70(77)63-88-94(82,83)90-67-71(65-86-73(78)59-54-49-44-38-20-17-14-11-8-3)92-75(80)61-56-51-46-41-35-24-22-19-16-13-10-7-2/h21,23,25,28,69-72,77H,6-20,22,24,26-27,29-68H2,1-5H3,(H,82,83)(H,84,85)/b23-21-,28-25-/t70-,71+,72+/m0/s1. The summed E-state index contributed by atoms with van der Waals surface area (Å²) >= 11 is 0. The molecule has 0 heterocycles. The third-order valence-electron chi connectivity index (χ3n) is 17.2. The van der Waals surface area contributed by atoms with Gasteiger partial charge in [-0.15, -0.1) is 0 Å². The summed E-state index contributed by atoms with van der Waals surface area (Å²) < 4.78 is 68.4. The fraction of sp³-hybridized carbons (Fsp3) is 0.895. The molecule has 0 saturated carbocycles. The Bertz CT molecular complexity index is 1920. The van der Waals surface area contributed by atoms with Crippen molar-refractivity contribution in [3.8, 4) is 0 Å². The van der Waals surface area contributed by atoms with Crippen molar-refractivity contribution in [2.75, 3.05) is 39.6 Å². The number of phosphoric ester groups is 2. The smallest absolute Gasteiger partial charge is 0.462 e. The molecule has 0 aromatic carbocycles. The van der Waals surface area contributed by atoms with Gasteiger partial charge in [-0.25, -0.2) is 9.13 Å². The van der Waals surface area contributed by atoms with Crippen LogP contribution in [0.2, 0.25) is 0 Å². The molecule has 0 rings (SSSR count). The summed E-state index contributed by atoms with van der Waals surface area (Å²) in [6, 6.07) is 0. The van der Waals surface area contributed by atoms with Gasteiger partial charge in [-0.05, 0) is 57.3 Å². The van der Waals surface area contributed by atoms with Gasteiger partial charge in [0.25, 0.3) is 0 Å². The summed E-state index contributed by atoms with van der Waals surface area (Å²) in [6.45, 7) is 7.24. The number of ether oxygens (including phenoxy) is 4. The Balaban J connectivity index is 5.25. The molecule has 0 aliphatic heterocycles. The highest BCUT2D eigenvalue weighted by atomic mass is 31.2. The van der Waals surface area contributed by atoms with Crippen LogP contribution in [0.1, 0.15) is 375 Å². The molecule has 2 unspecified atom stereocenters. The molecule has 0 aliphatic rings. The highest BCUT2D eigenvalue weighted by Gasteiger charge is 2.30. The first kappa shape index (κ1) is 92.5. The fourth-order valence-electron chi connectivity index (χ4n) is 11.2. The van der Waals surface area contributed by atoms with Gasteiger partial charge in [-0.2, -0.15) is 0 Å². The summed E-state index contributed by atoms with van der Waals surface area (Å²) in [5.41, 5.74) is 0. The summed E-state index contributed by atoms with van der Waals surface area (Å²) in [5.74, 6) is -1.34. The summed E-state index contributed by atoms with van der Waals surface area (Å²) in [7, 11) is -9.92. The maximum Gasteiger partial charge on any atom is 0.472 e. The van der Waals surface area contributed by atoms with Crippen molar-refractivity contribution in [1.82, 2.24) is 0 Å². The van der Waals surface area contributed by atoms with Crippen molar-refractivity contribution in [2.45, 2.75) is 393 Å². The normalized spacial score (nSPS) is 14.1. The predicted octanol–water partition coefficient (Wildman–Crippen LogP) is 22.0. The van der Waals surface area contributed by atoms with E-state index in [4.69, 9.17) is 37.0 Å². The van der Waals surface area contributed by atoms with E-state index in [1.165, 1.54) is 180 Å². The van der Waals surface area contributed by atoms with Gasteiger partial charge in [0, 0.05) is 25.7 Å². The minimum atomic E-state index is -4.96. The van der Waals surface area contributed by atoms with Crippen LogP contribution in [0.15, 0.2) is 24.3 Å². The fourth-order valence-corrected chi connectivity index (χ4v) is 12.7. The van der Waals surface area contributed by atoms with Gasteiger partial charge < -0.3 is 33.8 Å². The Morgan fingerprint density at radius 2 is 0.568 bits per heavy atom. The van der Waals surface area contributed by atoms with Crippen molar-refractivity contribution in [2.24, 2.45) is 5.92 Å². The zero-order chi connectivity index (χ0) is 69.8. The van der Waals surface area contributed by atoms with Crippen molar-refractivity contribution in [3.63, 3.8) is 0 Å². The van der Waals surface area contributed by atoms with Crippen LogP contribution in [-0.2, 0) is 65.4 Å². The molecule has 0 bridgehead atoms. The monoisotopic (exact) mass is 1390 g/mol. The maximum absolute atomic E-state index is 13.1. The van der Waals surface area contributed by atoms with Crippen LogP contribution in [-0.4, -0.2) is 96.7 Å². The lowest BCUT2D eigenvalue weighted by atomic mass is 10.0. The Morgan fingerprint density at radius 1 is 0.326 bits per heavy atom. The molecular formula is C76H144O17P2. The molecule has 0 spiro atoms. The van der Waals surface area contributed by atoms with Crippen LogP contribution in [0.25, 0.3) is 0 Å².